The van der Waals surface area contributed by atoms with Crippen LogP contribution in [0.2, 0.25) is 0 Å². The number of nitrogens with zero attached hydrogens (tertiary/aromatic N) is 1. The van der Waals surface area contributed by atoms with Crippen LogP contribution in [0, 0.1) is 5.92 Å². The second kappa shape index (κ2) is 7.90. The van der Waals surface area contributed by atoms with Crippen LogP contribution in [0.25, 0.3) is 11.0 Å². The maximum absolute atomic E-state index is 13.1. The van der Waals surface area contributed by atoms with Crippen molar-refractivity contribution in [2.24, 2.45) is 5.92 Å². The van der Waals surface area contributed by atoms with Crippen LogP contribution in [0.15, 0.2) is 62.4 Å². The van der Waals surface area contributed by atoms with Gasteiger partial charge in [0, 0.05) is 11.9 Å². The summed E-state index contributed by atoms with van der Waals surface area (Å²) in [5.41, 5.74) is -0.425. The molecule has 27 heavy (non-hydrogen) atoms. The van der Waals surface area contributed by atoms with Crippen molar-refractivity contribution >= 4 is 22.8 Å². The molecular weight excluding hydrogens is 350 g/mol. The number of methoxy groups -OCH3 is 1. The third-order valence-electron chi connectivity index (χ3n) is 4.18. The monoisotopic (exact) mass is 369 g/mol. The normalized spacial score (nSPS) is 11.9. The Hall–Kier alpha value is -3.35. The molecule has 0 aliphatic carbocycles. The van der Waals surface area contributed by atoms with Crippen LogP contribution in [-0.2, 0) is 16.1 Å². The second-order valence-corrected chi connectivity index (χ2v) is 6.17. The van der Waals surface area contributed by atoms with E-state index in [4.69, 9.17) is 13.6 Å². The minimum atomic E-state index is -0.728. The molecule has 1 unspecified atom stereocenters. The summed E-state index contributed by atoms with van der Waals surface area (Å²) in [5.74, 6) is -1.02. The third kappa shape index (κ3) is 4.08. The number of benzene rings is 1. The molecule has 1 atom stereocenters. The fourth-order valence-corrected chi connectivity index (χ4v) is 2.80. The largest absolute Gasteiger partial charge is 0.469 e. The number of para-hydroxylation sites is 1. The highest BCUT2D eigenvalue weighted by molar-refractivity contribution is 5.96. The number of hydrogen-bond donors (Lipinski definition) is 0. The Bertz CT molecular complexity index is 1000. The predicted molar refractivity (Wildman–Crippen MR) is 97.1 cm³/mol. The van der Waals surface area contributed by atoms with Gasteiger partial charge >= 0.3 is 11.6 Å². The minimum absolute atomic E-state index is 0.0679. The van der Waals surface area contributed by atoms with E-state index in [1.54, 1.807) is 43.3 Å². The highest BCUT2D eigenvalue weighted by Gasteiger charge is 2.26. The molecule has 1 aromatic carbocycles. The second-order valence-electron chi connectivity index (χ2n) is 6.17. The molecule has 0 aliphatic heterocycles. The number of carbonyl (C=O) groups excluding carboxylic acids is 2. The van der Waals surface area contributed by atoms with Gasteiger partial charge in [-0.15, -0.1) is 0 Å². The van der Waals surface area contributed by atoms with E-state index in [1.807, 2.05) is 0 Å². The van der Waals surface area contributed by atoms with Crippen molar-refractivity contribution in [1.82, 2.24) is 4.90 Å². The molecule has 140 valence electrons. The Morgan fingerprint density at radius 3 is 2.67 bits per heavy atom. The van der Waals surface area contributed by atoms with Gasteiger partial charge in [0.1, 0.15) is 16.9 Å². The van der Waals surface area contributed by atoms with Crippen molar-refractivity contribution in [3.05, 3.63) is 70.5 Å². The van der Waals surface area contributed by atoms with Gasteiger partial charge < -0.3 is 18.5 Å². The van der Waals surface area contributed by atoms with Crippen molar-refractivity contribution in [1.29, 1.82) is 0 Å². The molecule has 7 nitrogen and oxygen atoms in total. The van der Waals surface area contributed by atoms with E-state index in [2.05, 4.69) is 0 Å². The lowest BCUT2D eigenvalue weighted by Crippen LogP contribution is -2.38. The standard InChI is InChI=1S/C20H19NO6/c1-13(19(23)25-2)11-21(12-15-7-5-9-26-15)18(22)16-10-14-6-3-4-8-17(14)27-20(16)24/h3-10,13H,11-12H2,1-2H3. The lowest BCUT2D eigenvalue weighted by atomic mass is 10.1. The molecule has 0 saturated heterocycles. The number of fused-ring (bicyclic) bond motifs is 1. The molecule has 1 amide bonds. The molecular formula is C20H19NO6. The maximum atomic E-state index is 13.1. The fourth-order valence-electron chi connectivity index (χ4n) is 2.80. The molecule has 3 rings (SSSR count). The molecule has 0 bridgehead atoms. The number of amides is 1. The number of ether oxygens (including phenoxy) is 1. The van der Waals surface area contributed by atoms with E-state index in [0.29, 0.717) is 16.7 Å². The number of esters is 1. The van der Waals surface area contributed by atoms with Gasteiger partial charge in [0.2, 0.25) is 0 Å². The van der Waals surface area contributed by atoms with Crippen LogP contribution in [0.3, 0.4) is 0 Å². The van der Waals surface area contributed by atoms with Gasteiger partial charge in [-0.05, 0) is 24.3 Å². The van der Waals surface area contributed by atoms with E-state index >= 15 is 0 Å². The summed E-state index contributed by atoms with van der Waals surface area (Å²) in [5, 5.41) is 0.638. The van der Waals surface area contributed by atoms with E-state index in [0.717, 1.165) is 0 Å². The lowest BCUT2D eigenvalue weighted by Gasteiger charge is -2.24. The van der Waals surface area contributed by atoms with Gasteiger partial charge in [0.05, 0.1) is 25.8 Å². The molecule has 0 N–H and O–H groups in total. The van der Waals surface area contributed by atoms with Crippen molar-refractivity contribution in [2.45, 2.75) is 13.5 Å². The van der Waals surface area contributed by atoms with Crippen molar-refractivity contribution in [3.8, 4) is 0 Å². The average molecular weight is 369 g/mol. The molecule has 0 saturated carbocycles. The van der Waals surface area contributed by atoms with Gasteiger partial charge in [0.25, 0.3) is 5.91 Å². The Balaban J connectivity index is 1.95. The van der Waals surface area contributed by atoms with Crippen LogP contribution in [0.5, 0.6) is 0 Å². The number of hydrogen-bond acceptors (Lipinski definition) is 6. The molecule has 0 spiro atoms. The molecule has 0 aliphatic rings. The molecule has 0 radical (unpaired) electrons. The lowest BCUT2D eigenvalue weighted by molar-refractivity contribution is -0.145. The molecule has 2 heterocycles. The van der Waals surface area contributed by atoms with Gasteiger partial charge in [-0.25, -0.2) is 4.79 Å². The first kappa shape index (κ1) is 18.4. The van der Waals surface area contributed by atoms with E-state index < -0.39 is 23.4 Å². The summed E-state index contributed by atoms with van der Waals surface area (Å²) in [6.07, 6.45) is 1.49. The van der Waals surface area contributed by atoms with E-state index in [1.165, 1.54) is 24.3 Å². The summed E-state index contributed by atoms with van der Waals surface area (Å²) in [6.45, 7) is 1.83. The zero-order valence-electron chi connectivity index (χ0n) is 15.0. The van der Waals surface area contributed by atoms with Crippen LogP contribution in [0.4, 0.5) is 0 Å². The van der Waals surface area contributed by atoms with Crippen molar-refractivity contribution in [2.75, 3.05) is 13.7 Å². The van der Waals surface area contributed by atoms with Gasteiger partial charge in [-0.2, -0.15) is 0 Å². The predicted octanol–water partition coefficient (Wildman–Crippen LogP) is 2.84. The smallest absolute Gasteiger partial charge is 0.349 e. The number of rotatable bonds is 6. The van der Waals surface area contributed by atoms with Gasteiger partial charge in [-0.3, -0.25) is 9.59 Å². The molecule has 2 aromatic heterocycles. The van der Waals surface area contributed by atoms with E-state index in [-0.39, 0.29) is 18.7 Å². The summed E-state index contributed by atoms with van der Waals surface area (Å²) < 4.78 is 15.3. The molecule has 3 aromatic rings. The Morgan fingerprint density at radius 2 is 1.96 bits per heavy atom. The van der Waals surface area contributed by atoms with Crippen LogP contribution in [-0.4, -0.2) is 30.4 Å². The van der Waals surface area contributed by atoms with Crippen LogP contribution < -0.4 is 5.63 Å². The first-order valence-corrected chi connectivity index (χ1v) is 8.42. The van der Waals surface area contributed by atoms with Gasteiger partial charge in [-0.1, -0.05) is 25.1 Å². The first-order valence-electron chi connectivity index (χ1n) is 8.42. The summed E-state index contributed by atoms with van der Waals surface area (Å²) >= 11 is 0. The quantitative estimate of drug-likeness (QED) is 0.490. The summed E-state index contributed by atoms with van der Waals surface area (Å²) in [7, 11) is 1.29. The number of furan rings is 1. The zero-order valence-corrected chi connectivity index (χ0v) is 15.0. The van der Waals surface area contributed by atoms with Gasteiger partial charge in [0.15, 0.2) is 0 Å². The Kier molecular flexibility index (Phi) is 5.40. The number of carbonyl (C=O) groups is 2. The average Bonchev–Trinajstić information content (AvgIpc) is 3.18. The van der Waals surface area contributed by atoms with E-state index in [9.17, 15) is 14.4 Å². The zero-order chi connectivity index (χ0) is 19.4. The SMILES string of the molecule is COC(=O)C(C)CN(Cc1ccco1)C(=O)c1cc2ccccc2oc1=O. The van der Waals surface area contributed by atoms with Crippen molar-refractivity contribution in [3.63, 3.8) is 0 Å². The Morgan fingerprint density at radius 1 is 1.19 bits per heavy atom. The molecule has 0 fully saturated rings. The molecule has 7 heteroatoms. The third-order valence-corrected chi connectivity index (χ3v) is 4.18. The Labute approximate surface area is 155 Å². The topological polar surface area (TPSA) is 90.0 Å². The first-order chi connectivity index (χ1) is 13.0. The maximum Gasteiger partial charge on any atom is 0.349 e. The highest BCUT2D eigenvalue weighted by Crippen LogP contribution is 2.16. The van der Waals surface area contributed by atoms with Crippen molar-refractivity contribution < 1.29 is 23.2 Å². The minimum Gasteiger partial charge on any atom is -0.469 e. The highest BCUT2D eigenvalue weighted by atomic mass is 16.5. The fraction of sp³-hybridized carbons (Fsp3) is 0.250. The van der Waals surface area contributed by atoms with Crippen LogP contribution in [0.1, 0.15) is 23.0 Å². The van der Waals surface area contributed by atoms with Crippen LogP contribution >= 0.6 is 0 Å². The summed E-state index contributed by atoms with van der Waals surface area (Å²) in [4.78, 5) is 38.5. The summed E-state index contributed by atoms with van der Waals surface area (Å²) in [6, 6.07) is 11.9.